The summed E-state index contributed by atoms with van der Waals surface area (Å²) in [6.07, 6.45) is 1.00. The van der Waals surface area contributed by atoms with Gasteiger partial charge >= 0.3 is 5.97 Å². The van der Waals surface area contributed by atoms with Crippen LogP contribution in [-0.2, 0) is 0 Å². The van der Waals surface area contributed by atoms with Crippen LogP contribution in [0.3, 0.4) is 0 Å². The Labute approximate surface area is 102 Å². The van der Waals surface area contributed by atoms with Crippen LogP contribution in [0.4, 0.5) is 11.4 Å². The van der Waals surface area contributed by atoms with Gasteiger partial charge in [-0.1, -0.05) is 19.9 Å². The smallest absolute Gasteiger partial charge is 0.337 e. The van der Waals surface area contributed by atoms with Crippen molar-refractivity contribution in [1.82, 2.24) is 0 Å². The topological polar surface area (TPSA) is 66.6 Å². The van der Waals surface area contributed by atoms with E-state index in [-0.39, 0.29) is 5.56 Å². The molecule has 0 spiro atoms. The van der Waals surface area contributed by atoms with Gasteiger partial charge in [0.15, 0.2) is 0 Å². The highest BCUT2D eigenvalue weighted by Gasteiger charge is 2.16. The molecule has 0 saturated carbocycles. The summed E-state index contributed by atoms with van der Waals surface area (Å²) in [6.45, 7) is 5.08. The predicted molar refractivity (Wildman–Crippen MR) is 70.5 cm³/mol. The Morgan fingerprint density at radius 1 is 1.47 bits per heavy atom. The van der Waals surface area contributed by atoms with Gasteiger partial charge in [-0.3, -0.25) is 0 Å². The van der Waals surface area contributed by atoms with Crippen molar-refractivity contribution in [1.29, 1.82) is 0 Å². The average Bonchev–Trinajstić information content (AvgIpc) is 2.25. The van der Waals surface area contributed by atoms with Gasteiger partial charge < -0.3 is 15.7 Å². The Morgan fingerprint density at radius 2 is 2.12 bits per heavy atom. The van der Waals surface area contributed by atoms with E-state index in [4.69, 9.17) is 10.8 Å². The number of benzene rings is 1. The van der Waals surface area contributed by atoms with E-state index in [1.807, 2.05) is 11.9 Å². The van der Waals surface area contributed by atoms with Crippen molar-refractivity contribution in [3.05, 3.63) is 23.8 Å². The molecule has 0 amide bonds. The molecule has 0 unspecified atom stereocenters. The molecule has 0 bridgehead atoms. The van der Waals surface area contributed by atoms with Gasteiger partial charge in [-0.2, -0.15) is 0 Å². The number of nitrogens with two attached hydrogens (primary N) is 1. The van der Waals surface area contributed by atoms with Gasteiger partial charge in [-0.15, -0.1) is 0 Å². The number of para-hydroxylation sites is 1. The average molecular weight is 236 g/mol. The predicted octanol–water partition coefficient (Wildman–Crippen LogP) is 2.45. The fourth-order valence-electron chi connectivity index (χ4n) is 1.72. The molecule has 0 atom stereocenters. The van der Waals surface area contributed by atoms with E-state index in [1.165, 1.54) is 0 Å². The van der Waals surface area contributed by atoms with Gasteiger partial charge in [-0.05, 0) is 24.5 Å². The fraction of sp³-hybridized carbons (Fsp3) is 0.462. The third kappa shape index (κ3) is 3.37. The zero-order valence-electron chi connectivity index (χ0n) is 10.6. The molecule has 0 fully saturated rings. The van der Waals surface area contributed by atoms with Crippen molar-refractivity contribution in [2.24, 2.45) is 5.92 Å². The number of nitrogens with zero attached hydrogens (tertiary/aromatic N) is 1. The summed E-state index contributed by atoms with van der Waals surface area (Å²) in [7, 11) is 1.88. The second kappa shape index (κ2) is 5.57. The molecule has 4 heteroatoms. The molecule has 17 heavy (non-hydrogen) atoms. The molecule has 0 aliphatic rings. The Bertz CT molecular complexity index is 402. The van der Waals surface area contributed by atoms with E-state index in [1.54, 1.807) is 18.2 Å². The van der Waals surface area contributed by atoms with Gasteiger partial charge in [-0.25, -0.2) is 4.79 Å². The molecule has 1 rings (SSSR count). The first-order valence-corrected chi connectivity index (χ1v) is 5.76. The van der Waals surface area contributed by atoms with Crippen molar-refractivity contribution in [3.63, 3.8) is 0 Å². The zero-order valence-corrected chi connectivity index (χ0v) is 10.6. The molecule has 0 saturated heterocycles. The van der Waals surface area contributed by atoms with Crippen LogP contribution in [0.25, 0.3) is 0 Å². The first-order chi connectivity index (χ1) is 7.93. The Kier molecular flexibility index (Phi) is 4.37. The van der Waals surface area contributed by atoms with Crippen LogP contribution >= 0.6 is 0 Å². The van der Waals surface area contributed by atoms with Crippen molar-refractivity contribution >= 4 is 17.3 Å². The second-order valence-corrected chi connectivity index (χ2v) is 4.65. The maximum Gasteiger partial charge on any atom is 0.337 e. The standard InChI is InChI=1S/C13H20N2O2/c1-9(2)7-8-15(3)12-10(13(16)17)5-4-6-11(12)14/h4-6,9H,7-8,14H2,1-3H3,(H,16,17). The van der Waals surface area contributed by atoms with Gasteiger partial charge in [0.25, 0.3) is 0 Å². The van der Waals surface area contributed by atoms with Crippen LogP contribution in [0, 0.1) is 5.92 Å². The molecular weight excluding hydrogens is 216 g/mol. The monoisotopic (exact) mass is 236 g/mol. The summed E-state index contributed by atoms with van der Waals surface area (Å²) in [6, 6.07) is 4.98. The lowest BCUT2D eigenvalue weighted by molar-refractivity contribution is 0.0697. The van der Waals surface area contributed by atoms with E-state index in [0.29, 0.717) is 17.3 Å². The molecular formula is C13H20N2O2. The van der Waals surface area contributed by atoms with Gasteiger partial charge in [0.1, 0.15) is 0 Å². The lowest BCUT2D eigenvalue weighted by Crippen LogP contribution is -2.23. The van der Waals surface area contributed by atoms with E-state index >= 15 is 0 Å². The van der Waals surface area contributed by atoms with E-state index in [9.17, 15) is 4.79 Å². The van der Waals surface area contributed by atoms with Crippen LogP contribution in [0.5, 0.6) is 0 Å². The Balaban J connectivity index is 2.98. The quantitative estimate of drug-likeness (QED) is 0.771. The summed E-state index contributed by atoms with van der Waals surface area (Å²) >= 11 is 0. The minimum Gasteiger partial charge on any atom is -0.478 e. The first kappa shape index (κ1) is 13.4. The van der Waals surface area contributed by atoms with Crippen LogP contribution in [0.1, 0.15) is 30.6 Å². The van der Waals surface area contributed by atoms with Crippen molar-refractivity contribution < 1.29 is 9.90 Å². The number of hydrogen-bond acceptors (Lipinski definition) is 3. The summed E-state index contributed by atoms with van der Waals surface area (Å²) in [5.74, 6) is -0.362. The van der Waals surface area contributed by atoms with Crippen molar-refractivity contribution in [3.8, 4) is 0 Å². The Morgan fingerprint density at radius 3 is 2.65 bits per heavy atom. The molecule has 0 aromatic heterocycles. The largest absolute Gasteiger partial charge is 0.478 e. The number of anilines is 2. The molecule has 3 N–H and O–H groups in total. The molecule has 1 aromatic rings. The minimum atomic E-state index is -0.941. The highest BCUT2D eigenvalue weighted by atomic mass is 16.4. The molecule has 0 radical (unpaired) electrons. The highest BCUT2D eigenvalue weighted by molar-refractivity contribution is 5.97. The van der Waals surface area contributed by atoms with Crippen LogP contribution < -0.4 is 10.6 Å². The number of carbonyl (C=O) groups is 1. The van der Waals surface area contributed by atoms with Crippen LogP contribution in [-0.4, -0.2) is 24.7 Å². The first-order valence-electron chi connectivity index (χ1n) is 5.76. The Hall–Kier alpha value is -1.71. The van der Waals surface area contributed by atoms with E-state index in [0.717, 1.165) is 13.0 Å². The van der Waals surface area contributed by atoms with Crippen LogP contribution in [0.2, 0.25) is 0 Å². The van der Waals surface area contributed by atoms with Gasteiger partial charge in [0.05, 0.1) is 16.9 Å². The fourth-order valence-corrected chi connectivity index (χ4v) is 1.72. The lowest BCUT2D eigenvalue weighted by atomic mass is 10.1. The second-order valence-electron chi connectivity index (χ2n) is 4.65. The molecule has 94 valence electrons. The highest BCUT2D eigenvalue weighted by Crippen LogP contribution is 2.27. The third-order valence-electron chi connectivity index (χ3n) is 2.72. The summed E-state index contributed by atoms with van der Waals surface area (Å²) in [5, 5.41) is 9.13. The molecule has 4 nitrogen and oxygen atoms in total. The molecule has 1 aromatic carbocycles. The number of rotatable bonds is 5. The molecule has 0 heterocycles. The molecule has 0 aliphatic carbocycles. The van der Waals surface area contributed by atoms with Gasteiger partial charge in [0, 0.05) is 13.6 Å². The van der Waals surface area contributed by atoms with Crippen LogP contribution in [0.15, 0.2) is 18.2 Å². The maximum atomic E-state index is 11.1. The molecule has 0 aliphatic heterocycles. The minimum absolute atomic E-state index is 0.260. The van der Waals surface area contributed by atoms with Gasteiger partial charge in [0.2, 0.25) is 0 Å². The number of carboxylic acid groups (broad SMARTS) is 1. The summed E-state index contributed by atoms with van der Waals surface area (Å²) in [4.78, 5) is 13.0. The maximum absolute atomic E-state index is 11.1. The lowest BCUT2D eigenvalue weighted by Gasteiger charge is -2.23. The summed E-state index contributed by atoms with van der Waals surface area (Å²) in [5.41, 5.74) is 7.24. The van der Waals surface area contributed by atoms with Crippen molar-refractivity contribution in [2.75, 3.05) is 24.2 Å². The number of aromatic carboxylic acids is 1. The summed E-state index contributed by atoms with van der Waals surface area (Å²) < 4.78 is 0. The third-order valence-corrected chi connectivity index (χ3v) is 2.72. The van der Waals surface area contributed by atoms with E-state index < -0.39 is 5.97 Å². The number of nitrogen functional groups attached to an aromatic ring is 1. The SMILES string of the molecule is CC(C)CCN(C)c1c(N)cccc1C(=O)O. The number of carboxylic acids is 1. The zero-order chi connectivity index (χ0) is 13.0. The van der Waals surface area contributed by atoms with E-state index in [2.05, 4.69) is 13.8 Å². The van der Waals surface area contributed by atoms with Crippen molar-refractivity contribution in [2.45, 2.75) is 20.3 Å². The normalized spacial score (nSPS) is 10.6. The number of hydrogen-bond donors (Lipinski definition) is 2.